The molecule has 0 bridgehead atoms. The fourth-order valence-corrected chi connectivity index (χ4v) is 3.49. The summed E-state index contributed by atoms with van der Waals surface area (Å²) in [7, 11) is 1.64. The summed E-state index contributed by atoms with van der Waals surface area (Å²) in [6.07, 6.45) is 0. The summed E-state index contributed by atoms with van der Waals surface area (Å²) >= 11 is 5.69. The summed E-state index contributed by atoms with van der Waals surface area (Å²) in [5, 5.41) is 0. The lowest BCUT2D eigenvalue weighted by Crippen LogP contribution is -2.18. The molecule has 0 saturated carbocycles. The first-order chi connectivity index (χ1) is 9.74. The summed E-state index contributed by atoms with van der Waals surface area (Å²) in [6, 6.07) is 5.75. The molecule has 21 heavy (non-hydrogen) atoms. The van der Waals surface area contributed by atoms with Gasteiger partial charge in [0.2, 0.25) is 0 Å². The second kappa shape index (κ2) is 6.08. The number of methoxy groups -OCH3 is 1. The van der Waals surface area contributed by atoms with E-state index < -0.39 is 0 Å². The predicted octanol–water partition coefficient (Wildman–Crippen LogP) is 4.40. The molecule has 2 N–H and O–H groups in total. The van der Waals surface area contributed by atoms with Crippen molar-refractivity contribution in [3.63, 3.8) is 0 Å². The minimum absolute atomic E-state index is 0.0912. The lowest BCUT2D eigenvalue weighted by Gasteiger charge is -2.21. The second-order valence-corrected chi connectivity index (χ2v) is 7.63. The highest BCUT2D eigenvalue weighted by molar-refractivity contribution is 14.1. The fourth-order valence-electron chi connectivity index (χ4n) is 1.90. The molecule has 1 heterocycles. The number of benzene rings is 1. The highest BCUT2D eigenvalue weighted by atomic mass is 127. The van der Waals surface area contributed by atoms with Crippen LogP contribution in [0.15, 0.2) is 22.7 Å². The molecular weight excluding hydrogens is 445 g/mol. The van der Waals surface area contributed by atoms with Crippen molar-refractivity contribution in [3.8, 4) is 17.1 Å². The lowest BCUT2D eigenvalue weighted by atomic mass is 9.92. The Morgan fingerprint density at radius 2 is 1.90 bits per heavy atom. The van der Waals surface area contributed by atoms with E-state index in [1.165, 1.54) is 0 Å². The maximum atomic E-state index is 6.05. The fraction of sp³-hybridized carbons (Fsp3) is 0.333. The topological polar surface area (TPSA) is 61.0 Å². The van der Waals surface area contributed by atoms with Crippen LogP contribution in [0.5, 0.6) is 5.75 Å². The third-order valence-electron chi connectivity index (χ3n) is 3.00. The van der Waals surface area contributed by atoms with E-state index in [0.717, 1.165) is 25.0 Å². The highest BCUT2D eigenvalue weighted by Gasteiger charge is 2.22. The van der Waals surface area contributed by atoms with Crippen LogP contribution >= 0.6 is 38.5 Å². The molecule has 0 amide bonds. The lowest BCUT2D eigenvalue weighted by molar-refractivity contribution is 0.412. The van der Waals surface area contributed by atoms with E-state index in [2.05, 4.69) is 64.3 Å². The van der Waals surface area contributed by atoms with Crippen molar-refractivity contribution in [2.45, 2.75) is 26.2 Å². The Morgan fingerprint density at radius 1 is 1.24 bits per heavy atom. The number of ether oxygens (including phenoxy) is 1. The third-order valence-corrected chi connectivity index (χ3v) is 4.68. The molecule has 0 aliphatic heterocycles. The van der Waals surface area contributed by atoms with Gasteiger partial charge < -0.3 is 10.5 Å². The van der Waals surface area contributed by atoms with Crippen molar-refractivity contribution < 1.29 is 4.74 Å². The first kappa shape index (κ1) is 16.5. The Morgan fingerprint density at radius 3 is 2.43 bits per heavy atom. The van der Waals surface area contributed by atoms with E-state index in [1.54, 1.807) is 7.11 Å². The van der Waals surface area contributed by atoms with E-state index >= 15 is 0 Å². The van der Waals surface area contributed by atoms with Crippen LogP contribution in [0, 0.1) is 3.57 Å². The number of nitrogens with two attached hydrogens (primary N) is 1. The maximum Gasteiger partial charge on any atom is 0.161 e. The standard InChI is InChI=1S/C15H17BrIN3O/c1-15(2,3)12-11(17)13(18)20-14(19-12)8-5-6-10(21-4)9(16)7-8/h5-7H,1-4H3,(H2,18,19,20). The molecule has 0 atom stereocenters. The first-order valence-electron chi connectivity index (χ1n) is 6.41. The van der Waals surface area contributed by atoms with Gasteiger partial charge in [-0.1, -0.05) is 20.8 Å². The zero-order valence-corrected chi connectivity index (χ0v) is 16.1. The average molecular weight is 462 g/mol. The zero-order valence-electron chi connectivity index (χ0n) is 12.4. The van der Waals surface area contributed by atoms with Gasteiger partial charge in [0.1, 0.15) is 11.6 Å². The number of rotatable bonds is 2. The minimum atomic E-state index is -0.0912. The molecule has 0 saturated heterocycles. The van der Waals surface area contributed by atoms with Gasteiger partial charge in [-0.15, -0.1) is 0 Å². The minimum Gasteiger partial charge on any atom is -0.496 e. The SMILES string of the molecule is COc1ccc(-c2nc(N)c(I)c(C(C)(C)C)n2)cc1Br. The van der Waals surface area contributed by atoms with Gasteiger partial charge in [0, 0.05) is 11.0 Å². The molecule has 0 spiro atoms. The van der Waals surface area contributed by atoms with Crippen molar-refractivity contribution in [3.05, 3.63) is 31.9 Å². The van der Waals surface area contributed by atoms with Crippen molar-refractivity contribution in [1.82, 2.24) is 9.97 Å². The molecular formula is C15H17BrIN3O. The molecule has 2 rings (SSSR count). The van der Waals surface area contributed by atoms with E-state index in [1.807, 2.05) is 18.2 Å². The Hall–Kier alpha value is -0.890. The molecule has 1 aromatic heterocycles. The van der Waals surface area contributed by atoms with Gasteiger partial charge in [0.25, 0.3) is 0 Å². The van der Waals surface area contributed by atoms with Crippen LogP contribution in [-0.4, -0.2) is 17.1 Å². The van der Waals surface area contributed by atoms with Gasteiger partial charge in [-0.05, 0) is 56.7 Å². The van der Waals surface area contributed by atoms with Crippen LogP contribution < -0.4 is 10.5 Å². The number of aromatic nitrogens is 2. The largest absolute Gasteiger partial charge is 0.496 e. The van der Waals surface area contributed by atoms with Gasteiger partial charge >= 0.3 is 0 Å². The summed E-state index contributed by atoms with van der Waals surface area (Å²) in [6.45, 7) is 6.35. The molecule has 0 aliphatic carbocycles. The number of hydrogen-bond donors (Lipinski definition) is 1. The first-order valence-corrected chi connectivity index (χ1v) is 8.28. The number of halogens is 2. The monoisotopic (exact) mass is 461 g/mol. The number of anilines is 1. The summed E-state index contributed by atoms with van der Waals surface area (Å²) < 4.78 is 7.02. The van der Waals surface area contributed by atoms with Gasteiger partial charge in [0.15, 0.2) is 5.82 Å². The van der Waals surface area contributed by atoms with Crippen molar-refractivity contribution >= 4 is 44.3 Å². The predicted molar refractivity (Wildman–Crippen MR) is 97.5 cm³/mol. The smallest absolute Gasteiger partial charge is 0.161 e. The molecule has 0 radical (unpaired) electrons. The molecule has 6 heteroatoms. The Balaban J connectivity index is 2.60. The van der Waals surface area contributed by atoms with Gasteiger partial charge in [-0.3, -0.25) is 0 Å². The summed E-state index contributed by atoms with van der Waals surface area (Å²) in [4.78, 5) is 9.12. The number of nitrogen functional groups attached to an aromatic ring is 1. The van der Waals surface area contributed by atoms with Crippen LogP contribution in [0.2, 0.25) is 0 Å². The van der Waals surface area contributed by atoms with Crippen LogP contribution in [-0.2, 0) is 5.41 Å². The van der Waals surface area contributed by atoms with E-state index in [0.29, 0.717) is 11.6 Å². The Labute approximate surface area is 146 Å². The van der Waals surface area contributed by atoms with Crippen LogP contribution in [0.1, 0.15) is 26.5 Å². The van der Waals surface area contributed by atoms with Gasteiger partial charge in [-0.25, -0.2) is 9.97 Å². The maximum absolute atomic E-state index is 6.05. The normalized spacial score (nSPS) is 11.5. The molecule has 112 valence electrons. The molecule has 0 fully saturated rings. The second-order valence-electron chi connectivity index (χ2n) is 5.69. The molecule has 0 aliphatic rings. The van der Waals surface area contributed by atoms with E-state index in [4.69, 9.17) is 15.5 Å². The zero-order chi connectivity index (χ0) is 15.8. The van der Waals surface area contributed by atoms with Crippen molar-refractivity contribution in [1.29, 1.82) is 0 Å². The molecule has 0 unspecified atom stereocenters. The number of hydrogen-bond acceptors (Lipinski definition) is 4. The van der Waals surface area contributed by atoms with Crippen LogP contribution in [0.4, 0.5) is 5.82 Å². The quantitative estimate of drug-likeness (QED) is 0.673. The van der Waals surface area contributed by atoms with Gasteiger partial charge in [-0.2, -0.15) is 0 Å². The number of nitrogens with zero attached hydrogens (tertiary/aromatic N) is 2. The summed E-state index contributed by atoms with van der Waals surface area (Å²) in [5.41, 5.74) is 7.82. The third kappa shape index (κ3) is 3.48. The van der Waals surface area contributed by atoms with Crippen molar-refractivity contribution in [2.75, 3.05) is 12.8 Å². The molecule has 4 nitrogen and oxygen atoms in total. The Kier molecular flexibility index (Phi) is 4.77. The van der Waals surface area contributed by atoms with E-state index in [9.17, 15) is 0 Å². The van der Waals surface area contributed by atoms with Crippen molar-refractivity contribution in [2.24, 2.45) is 0 Å². The molecule has 1 aromatic carbocycles. The summed E-state index contributed by atoms with van der Waals surface area (Å²) in [5.74, 6) is 1.91. The van der Waals surface area contributed by atoms with Crippen LogP contribution in [0.25, 0.3) is 11.4 Å². The average Bonchev–Trinajstić information content (AvgIpc) is 2.40. The van der Waals surface area contributed by atoms with E-state index in [-0.39, 0.29) is 5.41 Å². The Bertz CT molecular complexity index is 683. The highest BCUT2D eigenvalue weighted by Crippen LogP contribution is 2.33. The van der Waals surface area contributed by atoms with Crippen LogP contribution in [0.3, 0.4) is 0 Å². The molecule has 2 aromatic rings. The van der Waals surface area contributed by atoms with Gasteiger partial charge in [0.05, 0.1) is 20.8 Å².